The highest BCUT2D eigenvalue weighted by molar-refractivity contribution is 8.19. The number of nitrogens with zero attached hydrogens (tertiary/aromatic N) is 2. The third kappa shape index (κ3) is 3.40. The number of para-hydroxylation sites is 2. The second kappa shape index (κ2) is 7.72. The largest absolute Gasteiger partial charge is 0.495 e. The van der Waals surface area contributed by atoms with E-state index in [-0.39, 0.29) is 11.1 Å². The second-order valence-corrected chi connectivity index (χ2v) is 7.92. The van der Waals surface area contributed by atoms with Gasteiger partial charge >= 0.3 is 0 Å². The van der Waals surface area contributed by atoms with Gasteiger partial charge in [0.05, 0.1) is 17.7 Å². The van der Waals surface area contributed by atoms with E-state index in [0.29, 0.717) is 16.3 Å². The first-order valence-electron chi connectivity index (χ1n) is 9.35. The van der Waals surface area contributed by atoms with Crippen LogP contribution in [-0.4, -0.2) is 31.3 Å². The summed E-state index contributed by atoms with van der Waals surface area (Å²) in [6.45, 7) is 4.28. The molecule has 2 amide bonds. The van der Waals surface area contributed by atoms with Gasteiger partial charge in [-0.05, 0) is 73.0 Å². The van der Waals surface area contributed by atoms with Crippen LogP contribution in [0.2, 0.25) is 0 Å². The highest BCUT2D eigenvalue weighted by Crippen LogP contribution is 2.39. The number of ether oxygens (including phenoxy) is 1. The van der Waals surface area contributed by atoms with Gasteiger partial charge < -0.3 is 9.64 Å². The normalized spacial score (nSPS) is 18.4. The molecule has 0 radical (unpaired) electrons. The molecule has 2 heterocycles. The van der Waals surface area contributed by atoms with E-state index in [2.05, 4.69) is 24.0 Å². The Morgan fingerprint density at radius 1 is 1.04 bits per heavy atom. The van der Waals surface area contributed by atoms with Crippen molar-refractivity contribution in [1.82, 2.24) is 0 Å². The van der Waals surface area contributed by atoms with Crippen LogP contribution in [-0.2, 0) is 4.79 Å². The van der Waals surface area contributed by atoms with Crippen molar-refractivity contribution in [1.29, 1.82) is 0 Å². The first kappa shape index (κ1) is 18.6. The van der Waals surface area contributed by atoms with Gasteiger partial charge in [-0.3, -0.25) is 9.59 Å². The van der Waals surface area contributed by atoms with Crippen LogP contribution in [0.4, 0.5) is 16.2 Å². The van der Waals surface area contributed by atoms with Crippen molar-refractivity contribution in [2.45, 2.75) is 19.8 Å². The average Bonchev–Trinajstić information content (AvgIpc) is 3.31. The van der Waals surface area contributed by atoms with E-state index in [4.69, 9.17) is 4.74 Å². The molecule has 0 bridgehead atoms. The predicted octanol–water partition coefficient (Wildman–Crippen LogP) is 4.84. The minimum Gasteiger partial charge on any atom is -0.495 e. The number of anilines is 2. The minimum atomic E-state index is -0.319. The molecule has 6 heteroatoms. The number of hydrogen-bond donors (Lipinski definition) is 0. The Hall–Kier alpha value is -2.73. The van der Waals surface area contributed by atoms with Crippen LogP contribution in [0.15, 0.2) is 47.4 Å². The van der Waals surface area contributed by atoms with E-state index >= 15 is 0 Å². The van der Waals surface area contributed by atoms with Gasteiger partial charge in [-0.1, -0.05) is 18.2 Å². The second-order valence-electron chi connectivity index (χ2n) is 6.93. The van der Waals surface area contributed by atoms with Crippen molar-refractivity contribution in [2.75, 3.05) is 30.0 Å². The molecule has 0 aromatic heterocycles. The van der Waals surface area contributed by atoms with Gasteiger partial charge in [-0.15, -0.1) is 0 Å². The van der Waals surface area contributed by atoms with Crippen LogP contribution in [0.3, 0.4) is 0 Å². The number of carbonyl (C=O) groups is 2. The summed E-state index contributed by atoms with van der Waals surface area (Å²) in [5, 5.41) is -0.314. The molecular formula is C22H22N2O3S. The fourth-order valence-corrected chi connectivity index (χ4v) is 4.56. The standard InChI is InChI=1S/C22H22N2O3S/c1-15-13-16(9-10-17(15)23-11-5-6-12-23)14-20-21(25)24(22(26)28-20)18-7-3-4-8-19(18)27-2/h3-4,7-10,13-14H,5-6,11-12H2,1-2H3/b20-14-. The number of thioether (sulfide) groups is 1. The number of imide groups is 1. The summed E-state index contributed by atoms with van der Waals surface area (Å²) in [4.78, 5) is 29.4. The molecule has 2 saturated heterocycles. The number of hydrogen-bond acceptors (Lipinski definition) is 5. The molecular weight excluding hydrogens is 372 g/mol. The fraction of sp³-hybridized carbons (Fsp3) is 0.273. The number of aryl methyl sites for hydroxylation is 1. The van der Waals surface area contributed by atoms with E-state index in [1.165, 1.54) is 36.1 Å². The summed E-state index contributed by atoms with van der Waals surface area (Å²) in [7, 11) is 1.53. The maximum absolute atomic E-state index is 12.9. The lowest BCUT2D eigenvalue weighted by Crippen LogP contribution is -2.28. The Labute approximate surface area is 169 Å². The maximum Gasteiger partial charge on any atom is 0.298 e. The van der Waals surface area contributed by atoms with Crippen LogP contribution in [0.25, 0.3) is 6.08 Å². The summed E-state index contributed by atoms with van der Waals surface area (Å²) in [5.41, 5.74) is 3.82. The predicted molar refractivity (Wildman–Crippen MR) is 114 cm³/mol. The Morgan fingerprint density at radius 2 is 1.79 bits per heavy atom. The summed E-state index contributed by atoms with van der Waals surface area (Å²) in [5.74, 6) is 0.178. The van der Waals surface area contributed by atoms with Crippen molar-refractivity contribution in [3.63, 3.8) is 0 Å². The molecule has 4 rings (SSSR count). The lowest BCUT2D eigenvalue weighted by Gasteiger charge is -2.20. The fourth-order valence-electron chi connectivity index (χ4n) is 3.72. The first-order valence-corrected chi connectivity index (χ1v) is 10.2. The highest BCUT2D eigenvalue weighted by atomic mass is 32.2. The van der Waals surface area contributed by atoms with E-state index < -0.39 is 0 Å². The zero-order valence-electron chi connectivity index (χ0n) is 16.0. The van der Waals surface area contributed by atoms with Gasteiger partial charge in [0.25, 0.3) is 11.1 Å². The number of rotatable bonds is 4. The minimum absolute atomic E-state index is 0.314. The summed E-state index contributed by atoms with van der Waals surface area (Å²) >= 11 is 0.959. The summed E-state index contributed by atoms with van der Waals surface area (Å²) in [6.07, 6.45) is 4.26. The maximum atomic E-state index is 12.9. The van der Waals surface area contributed by atoms with Gasteiger partial charge in [-0.2, -0.15) is 0 Å². The van der Waals surface area contributed by atoms with Crippen LogP contribution < -0.4 is 14.5 Å². The topological polar surface area (TPSA) is 49.9 Å². The van der Waals surface area contributed by atoms with Crippen LogP contribution in [0.5, 0.6) is 5.75 Å². The Morgan fingerprint density at radius 3 is 2.50 bits per heavy atom. The van der Waals surface area contributed by atoms with Crippen LogP contribution >= 0.6 is 11.8 Å². The summed E-state index contributed by atoms with van der Waals surface area (Å²) < 4.78 is 5.31. The van der Waals surface area contributed by atoms with Crippen LogP contribution in [0, 0.1) is 6.92 Å². The number of methoxy groups -OCH3 is 1. The highest BCUT2D eigenvalue weighted by Gasteiger charge is 2.37. The van der Waals surface area contributed by atoms with Crippen molar-refractivity contribution in [2.24, 2.45) is 0 Å². The van der Waals surface area contributed by atoms with Gasteiger partial charge in [0.1, 0.15) is 5.75 Å². The van der Waals surface area contributed by atoms with E-state index in [1.807, 2.05) is 12.1 Å². The molecule has 0 N–H and O–H groups in total. The molecule has 28 heavy (non-hydrogen) atoms. The van der Waals surface area contributed by atoms with E-state index in [0.717, 1.165) is 30.4 Å². The Balaban J connectivity index is 1.61. The quantitative estimate of drug-likeness (QED) is 0.694. The molecule has 0 atom stereocenters. The van der Waals surface area contributed by atoms with E-state index in [9.17, 15) is 9.59 Å². The van der Waals surface area contributed by atoms with Crippen LogP contribution in [0.1, 0.15) is 24.0 Å². The lowest BCUT2D eigenvalue weighted by molar-refractivity contribution is -0.113. The number of benzene rings is 2. The molecule has 0 unspecified atom stereocenters. The zero-order chi connectivity index (χ0) is 19.7. The third-order valence-electron chi connectivity index (χ3n) is 5.09. The monoisotopic (exact) mass is 394 g/mol. The number of carbonyl (C=O) groups excluding carboxylic acids is 2. The number of amides is 2. The van der Waals surface area contributed by atoms with E-state index in [1.54, 1.807) is 24.3 Å². The van der Waals surface area contributed by atoms with Crippen molar-refractivity contribution < 1.29 is 14.3 Å². The average molecular weight is 394 g/mol. The van der Waals surface area contributed by atoms with Crippen molar-refractivity contribution in [3.8, 4) is 5.75 Å². The van der Waals surface area contributed by atoms with Gasteiger partial charge in [0, 0.05) is 18.8 Å². The lowest BCUT2D eigenvalue weighted by atomic mass is 10.1. The van der Waals surface area contributed by atoms with Gasteiger partial charge in [-0.25, -0.2) is 4.90 Å². The smallest absolute Gasteiger partial charge is 0.298 e. The zero-order valence-corrected chi connectivity index (χ0v) is 16.8. The Bertz CT molecular complexity index is 964. The molecule has 2 aliphatic rings. The molecule has 0 spiro atoms. The summed E-state index contributed by atoms with van der Waals surface area (Å²) in [6, 6.07) is 13.2. The molecule has 2 aliphatic heterocycles. The van der Waals surface area contributed by atoms with Gasteiger partial charge in [0.2, 0.25) is 0 Å². The first-order chi connectivity index (χ1) is 13.6. The van der Waals surface area contributed by atoms with Gasteiger partial charge in [0.15, 0.2) is 0 Å². The molecule has 0 aliphatic carbocycles. The molecule has 2 aromatic rings. The molecule has 2 aromatic carbocycles. The molecule has 5 nitrogen and oxygen atoms in total. The third-order valence-corrected chi connectivity index (χ3v) is 5.95. The molecule has 2 fully saturated rings. The SMILES string of the molecule is COc1ccccc1N1C(=O)S/C(=C\c2ccc(N3CCCC3)c(C)c2)C1=O. The molecule has 144 valence electrons. The molecule has 0 saturated carbocycles. The van der Waals surface area contributed by atoms with Crippen molar-refractivity contribution in [3.05, 3.63) is 58.5 Å². The Kier molecular flexibility index (Phi) is 5.13. The van der Waals surface area contributed by atoms with Crippen molar-refractivity contribution >= 4 is 40.4 Å².